The van der Waals surface area contributed by atoms with Gasteiger partial charge < -0.3 is 0 Å². The molecule has 0 saturated carbocycles. The normalized spacial score (nSPS) is 12.1. The molecule has 28 heavy (non-hydrogen) atoms. The highest BCUT2D eigenvalue weighted by molar-refractivity contribution is 6.03. The van der Waals surface area contributed by atoms with Crippen LogP contribution in [0.1, 0.15) is 26.3 Å². The van der Waals surface area contributed by atoms with E-state index in [4.69, 9.17) is 0 Å². The summed E-state index contributed by atoms with van der Waals surface area (Å²) in [6, 6.07) is 33.3. The van der Waals surface area contributed by atoms with E-state index in [9.17, 15) is 0 Å². The molecule has 0 atom stereocenters. The quantitative estimate of drug-likeness (QED) is 0.263. The Morgan fingerprint density at radius 3 is 1.21 bits per heavy atom. The summed E-state index contributed by atoms with van der Waals surface area (Å²) >= 11 is 0. The fourth-order valence-electron chi connectivity index (χ4n) is 4.53. The van der Waals surface area contributed by atoms with Gasteiger partial charge in [-0.2, -0.15) is 0 Å². The molecule has 0 heteroatoms. The maximum Gasteiger partial charge on any atom is -0.00615 e. The van der Waals surface area contributed by atoms with Crippen molar-refractivity contribution in [2.24, 2.45) is 0 Å². The number of rotatable bonds is 0. The summed E-state index contributed by atoms with van der Waals surface area (Å²) in [6.45, 7) is 6.93. The van der Waals surface area contributed by atoms with Gasteiger partial charge in [-0.25, -0.2) is 0 Å². The van der Waals surface area contributed by atoms with Crippen molar-refractivity contribution in [3.63, 3.8) is 0 Å². The highest BCUT2D eigenvalue weighted by Gasteiger charge is 2.26. The molecule has 5 rings (SSSR count). The van der Waals surface area contributed by atoms with Gasteiger partial charge in [-0.1, -0.05) is 112 Å². The summed E-state index contributed by atoms with van der Waals surface area (Å²) in [7, 11) is 0. The molecule has 1 aliphatic carbocycles. The fourth-order valence-corrected chi connectivity index (χ4v) is 4.53. The van der Waals surface area contributed by atoms with Gasteiger partial charge in [0.1, 0.15) is 0 Å². The smallest absolute Gasteiger partial charge is 0.00615 e. The van der Waals surface area contributed by atoms with Crippen LogP contribution in [0.2, 0.25) is 0 Å². The molecule has 0 amide bonds. The SMILES string of the molecule is CC(C)(C)c1cccc2c1-c1ccccc1-c1ccccc1-c1ccccc1-2. The second-order valence-electron chi connectivity index (χ2n) is 8.61. The predicted molar refractivity (Wildman–Crippen MR) is 120 cm³/mol. The number of fused-ring (bicyclic) bond motifs is 8. The molecule has 4 aromatic carbocycles. The van der Waals surface area contributed by atoms with Gasteiger partial charge in [-0.15, -0.1) is 0 Å². The van der Waals surface area contributed by atoms with Gasteiger partial charge in [0, 0.05) is 0 Å². The minimum absolute atomic E-state index is 0.0616. The lowest BCUT2D eigenvalue weighted by atomic mass is 9.74. The van der Waals surface area contributed by atoms with Crippen molar-refractivity contribution < 1.29 is 0 Å². The molecule has 0 nitrogen and oxygen atoms in total. The van der Waals surface area contributed by atoms with Crippen LogP contribution in [0.3, 0.4) is 0 Å². The standard InChI is InChI=1S/C28H24/c1-28(2,3)26-18-10-17-25-23-14-7-6-13-21(23)19-11-4-5-12-20(19)22-15-8-9-16-24(22)27(25)26/h4-18H,1-3H3. The lowest BCUT2D eigenvalue weighted by Gasteiger charge is -2.29. The first-order valence-corrected chi connectivity index (χ1v) is 9.98. The van der Waals surface area contributed by atoms with Crippen molar-refractivity contribution in [2.45, 2.75) is 26.2 Å². The van der Waals surface area contributed by atoms with E-state index < -0.39 is 0 Å². The molecular formula is C28H24. The van der Waals surface area contributed by atoms with Crippen LogP contribution in [0.5, 0.6) is 0 Å². The maximum atomic E-state index is 2.31. The van der Waals surface area contributed by atoms with Crippen molar-refractivity contribution in [1.82, 2.24) is 0 Å². The number of hydrogen-bond donors (Lipinski definition) is 0. The highest BCUT2D eigenvalue weighted by Crippen LogP contribution is 2.49. The Labute approximate surface area is 167 Å². The minimum atomic E-state index is 0.0616. The van der Waals surface area contributed by atoms with Crippen molar-refractivity contribution in [3.8, 4) is 44.5 Å². The van der Waals surface area contributed by atoms with Crippen molar-refractivity contribution >= 4 is 0 Å². The first-order valence-electron chi connectivity index (χ1n) is 9.98. The zero-order valence-electron chi connectivity index (χ0n) is 16.7. The third-order valence-corrected chi connectivity index (χ3v) is 5.79. The Balaban J connectivity index is 2.02. The van der Waals surface area contributed by atoms with E-state index in [2.05, 4.69) is 112 Å². The van der Waals surface area contributed by atoms with E-state index in [1.165, 1.54) is 50.1 Å². The third-order valence-electron chi connectivity index (χ3n) is 5.79. The number of benzene rings is 4. The molecule has 136 valence electrons. The van der Waals surface area contributed by atoms with Gasteiger partial charge in [-0.05, 0) is 55.5 Å². The van der Waals surface area contributed by atoms with Gasteiger partial charge in [-0.3, -0.25) is 0 Å². The van der Waals surface area contributed by atoms with Gasteiger partial charge in [0.25, 0.3) is 0 Å². The van der Waals surface area contributed by atoms with Crippen molar-refractivity contribution in [1.29, 1.82) is 0 Å². The molecule has 0 aliphatic heterocycles. The van der Waals surface area contributed by atoms with Crippen LogP contribution in [0.15, 0.2) is 91.0 Å². The zero-order chi connectivity index (χ0) is 19.3. The Morgan fingerprint density at radius 2 is 0.750 bits per heavy atom. The van der Waals surface area contributed by atoms with Gasteiger partial charge >= 0.3 is 0 Å². The van der Waals surface area contributed by atoms with Crippen LogP contribution in [0.25, 0.3) is 44.5 Å². The van der Waals surface area contributed by atoms with Crippen LogP contribution < -0.4 is 0 Å². The van der Waals surface area contributed by atoms with Crippen LogP contribution in [0, 0.1) is 0 Å². The molecule has 0 fully saturated rings. The van der Waals surface area contributed by atoms with Crippen LogP contribution in [-0.2, 0) is 5.41 Å². The average Bonchev–Trinajstić information content (AvgIpc) is 2.72. The van der Waals surface area contributed by atoms with Crippen molar-refractivity contribution in [3.05, 3.63) is 96.6 Å². The van der Waals surface area contributed by atoms with Crippen LogP contribution >= 0.6 is 0 Å². The predicted octanol–water partition coefficient (Wildman–Crippen LogP) is 7.97. The zero-order valence-corrected chi connectivity index (χ0v) is 16.7. The summed E-state index contributed by atoms with van der Waals surface area (Å²) in [4.78, 5) is 0. The molecule has 0 N–H and O–H groups in total. The average molecular weight is 361 g/mol. The molecule has 0 radical (unpaired) electrons. The molecule has 0 spiro atoms. The summed E-state index contributed by atoms with van der Waals surface area (Å²) in [5.41, 5.74) is 12.0. The lowest BCUT2D eigenvalue weighted by Crippen LogP contribution is -2.14. The lowest BCUT2D eigenvalue weighted by molar-refractivity contribution is 0.592. The summed E-state index contributed by atoms with van der Waals surface area (Å²) in [6.07, 6.45) is 0. The molecule has 0 heterocycles. The largest absolute Gasteiger partial charge is 0.0616 e. The Hall–Kier alpha value is -3.12. The first-order chi connectivity index (χ1) is 13.6. The van der Waals surface area contributed by atoms with Gasteiger partial charge in [0.15, 0.2) is 0 Å². The number of hydrogen-bond acceptors (Lipinski definition) is 0. The summed E-state index contributed by atoms with van der Waals surface area (Å²) < 4.78 is 0. The van der Waals surface area contributed by atoms with E-state index in [1.807, 2.05) is 0 Å². The molecule has 0 bridgehead atoms. The minimum Gasteiger partial charge on any atom is -0.0616 e. The van der Waals surface area contributed by atoms with E-state index in [0.29, 0.717) is 0 Å². The Bertz CT molecular complexity index is 1180. The molecule has 4 aromatic rings. The summed E-state index contributed by atoms with van der Waals surface area (Å²) in [5.74, 6) is 0. The molecule has 1 aliphatic rings. The van der Waals surface area contributed by atoms with E-state index in [1.54, 1.807) is 0 Å². The van der Waals surface area contributed by atoms with Crippen molar-refractivity contribution in [2.75, 3.05) is 0 Å². The molecular weight excluding hydrogens is 336 g/mol. The Morgan fingerprint density at radius 1 is 0.393 bits per heavy atom. The van der Waals surface area contributed by atoms with Crippen LogP contribution in [0.4, 0.5) is 0 Å². The van der Waals surface area contributed by atoms with Gasteiger partial charge in [0.2, 0.25) is 0 Å². The summed E-state index contributed by atoms with van der Waals surface area (Å²) in [5, 5.41) is 0. The van der Waals surface area contributed by atoms with Gasteiger partial charge in [0.05, 0.1) is 0 Å². The molecule has 0 aromatic heterocycles. The Kier molecular flexibility index (Phi) is 3.77. The fraction of sp³-hybridized carbons (Fsp3) is 0.143. The van der Waals surface area contributed by atoms with E-state index in [-0.39, 0.29) is 5.41 Å². The first kappa shape index (κ1) is 17.0. The third kappa shape index (κ3) is 2.52. The van der Waals surface area contributed by atoms with E-state index >= 15 is 0 Å². The highest BCUT2D eigenvalue weighted by atomic mass is 14.3. The van der Waals surface area contributed by atoms with E-state index in [0.717, 1.165) is 0 Å². The van der Waals surface area contributed by atoms with Crippen LogP contribution in [-0.4, -0.2) is 0 Å². The monoisotopic (exact) mass is 360 g/mol. The topological polar surface area (TPSA) is 0 Å². The second-order valence-corrected chi connectivity index (χ2v) is 8.61. The molecule has 0 saturated heterocycles. The maximum absolute atomic E-state index is 2.31. The second kappa shape index (κ2) is 6.21. The molecule has 0 unspecified atom stereocenters.